The lowest BCUT2D eigenvalue weighted by Gasteiger charge is -2.20. The van der Waals surface area contributed by atoms with Crippen LogP contribution in [-0.4, -0.2) is 23.2 Å². The Hall–Kier alpha value is -1.81. The number of hydrogen-bond donors (Lipinski definition) is 0. The molecule has 0 aliphatic carbocycles. The second-order valence-electron chi connectivity index (χ2n) is 5.93. The highest BCUT2D eigenvalue weighted by atomic mass is 32.2. The van der Waals surface area contributed by atoms with Crippen LogP contribution in [0.1, 0.15) is 19.4 Å². The summed E-state index contributed by atoms with van der Waals surface area (Å²) in [5.74, 6) is 0.268. The van der Waals surface area contributed by atoms with Gasteiger partial charge in [-0.15, -0.1) is 0 Å². The molecule has 2 aromatic carbocycles. The molecule has 0 unspecified atom stereocenters. The van der Waals surface area contributed by atoms with Gasteiger partial charge in [0, 0.05) is 22.4 Å². The highest BCUT2D eigenvalue weighted by molar-refractivity contribution is 8.17. The summed E-state index contributed by atoms with van der Waals surface area (Å²) in [6, 6.07) is 11.2. The number of fused-ring (bicyclic) bond motifs is 2. The van der Waals surface area contributed by atoms with Crippen LogP contribution in [0.5, 0.6) is 0 Å². The quantitative estimate of drug-likeness (QED) is 0.797. The number of thioether (sulfide) groups is 1. The Balaban J connectivity index is 1.99. The highest BCUT2D eigenvalue weighted by Crippen LogP contribution is 2.46. The second-order valence-corrected chi connectivity index (χ2v) is 6.94. The first-order valence-corrected chi connectivity index (χ1v) is 8.40. The molecule has 4 heteroatoms. The molecule has 0 atom stereocenters. The van der Waals surface area contributed by atoms with Crippen LogP contribution in [0, 0.1) is 11.7 Å². The molecule has 0 spiro atoms. The van der Waals surface area contributed by atoms with Crippen molar-refractivity contribution in [3.63, 3.8) is 0 Å². The predicted octanol–water partition coefficient (Wildman–Crippen LogP) is 4.72. The maximum absolute atomic E-state index is 14.1. The molecular formula is C18H17FN2S. The Morgan fingerprint density at radius 2 is 1.91 bits per heavy atom. The predicted molar refractivity (Wildman–Crippen MR) is 92.3 cm³/mol. The number of aliphatic imine (C=N–C) groups is 1. The summed E-state index contributed by atoms with van der Waals surface area (Å²) < 4.78 is 14.1. The fraction of sp³-hybridized carbons (Fsp3) is 0.278. The molecular weight excluding hydrogens is 295 g/mol. The molecule has 4 rings (SSSR count). The van der Waals surface area contributed by atoms with Crippen LogP contribution in [0.3, 0.4) is 0 Å². The Labute approximate surface area is 133 Å². The molecule has 0 radical (unpaired) electrons. The van der Waals surface area contributed by atoms with E-state index in [-0.39, 0.29) is 5.82 Å². The summed E-state index contributed by atoms with van der Waals surface area (Å²) in [5, 5.41) is 2.75. The minimum Gasteiger partial charge on any atom is -0.318 e. The van der Waals surface area contributed by atoms with Gasteiger partial charge in [0.05, 0.1) is 12.2 Å². The third-order valence-electron chi connectivity index (χ3n) is 4.16. The van der Waals surface area contributed by atoms with Crippen molar-refractivity contribution in [3.05, 3.63) is 52.7 Å². The number of benzene rings is 2. The van der Waals surface area contributed by atoms with Crippen molar-refractivity contribution in [2.24, 2.45) is 10.9 Å². The molecule has 0 fully saturated rings. The zero-order chi connectivity index (χ0) is 15.3. The van der Waals surface area contributed by atoms with E-state index in [4.69, 9.17) is 0 Å². The first-order valence-electron chi connectivity index (χ1n) is 7.58. The van der Waals surface area contributed by atoms with Crippen molar-refractivity contribution in [1.82, 2.24) is 4.90 Å². The van der Waals surface area contributed by atoms with Crippen LogP contribution in [0.15, 0.2) is 46.3 Å². The lowest BCUT2D eigenvalue weighted by molar-refractivity contribution is 0.635. The summed E-state index contributed by atoms with van der Waals surface area (Å²) in [7, 11) is 0. The number of amidine groups is 1. The molecule has 0 N–H and O–H groups in total. The molecule has 0 aromatic heterocycles. The van der Waals surface area contributed by atoms with Gasteiger partial charge in [0.15, 0.2) is 5.17 Å². The molecule has 0 saturated carbocycles. The van der Waals surface area contributed by atoms with E-state index < -0.39 is 0 Å². The normalized spacial score (nSPS) is 17.6. The molecule has 22 heavy (non-hydrogen) atoms. The van der Waals surface area contributed by atoms with Gasteiger partial charge in [-0.1, -0.05) is 49.9 Å². The molecule has 112 valence electrons. The molecule has 2 aliphatic heterocycles. The summed E-state index contributed by atoms with van der Waals surface area (Å²) in [6.07, 6.45) is 0. The summed E-state index contributed by atoms with van der Waals surface area (Å²) >= 11 is 1.77. The van der Waals surface area contributed by atoms with Gasteiger partial charge in [0.25, 0.3) is 0 Å². The number of nitrogens with zero attached hydrogens (tertiary/aromatic N) is 2. The summed E-state index contributed by atoms with van der Waals surface area (Å²) in [6.45, 7) is 6.17. The maximum atomic E-state index is 14.1. The standard InChI is InChI=1S/C18H17FN2S/c1-11(2)17-16(21-10-9-20-18(21)22-17)14-7-8-15(19)13-6-4-3-5-12(13)14/h3-8,11H,9-10H2,1-2H3. The zero-order valence-electron chi connectivity index (χ0n) is 12.6. The Kier molecular flexibility index (Phi) is 3.22. The Morgan fingerprint density at radius 1 is 1.14 bits per heavy atom. The van der Waals surface area contributed by atoms with E-state index in [0.29, 0.717) is 11.3 Å². The van der Waals surface area contributed by atoms with Crippen LogP contribution in [0.2, 0.25) is 0 Å². The lowest BCUT2D eigenvalue weighted by Crippen LogP contribution is -2.20. The number of halogens is 1. The Bertz CT molecular complexity index is 823. The largest absolute Gasteiger partial charge is 0.318 e. The van der Waals surface area contributed by atoms with Gasteiger partial charge in [-0.2, -0.15) is 0 Å². The van der Waals surface area contributed by atoms with Crippen molar-refractivity contribution in [2.45, 2.75) is 13.8 Å². The van der Waals surface area contributed by atoms with E-state index in [9.17, 15) is 4.39 Å². The number of allylic oxidation sites excluding steroid dienone is 1. The van der Waals surface area contributed by atoms with E-state index in [1.807, 2.05) is 30.3 Å². The minimum absolute atomic E-state index is 0.160. The zero-order valence-corrected chi connectivity index (χ0v) is 13.5. The minimum atomic E-state index is -0.160. The molecule has 0 bridgehead atoms. The fourth-order valence-corrected chi connectivity index (χ4v) is 4.34. The lowest BCUT2D eigenvalue weighted by atomic mass is 9.99. The van der Waals surface area contributed by atoms with Crippen LogP contribution in [0.25, 0.3) is 16.5 Å². The summed E-state index contributed by atoms with van der Waals surface area (Å²) in [5.41, 5.74) is 2.33. The van der Waals surface area contributed by atoms with Gasteiger partial charge >= 0.3 is 0 Å². The molecule has 0 saturated heterocycles. The molecule has 2 nitrogen and oxygen atoms in total. The first-order chi connectivity index (χ1) is 10.7. The average molecular weight is 312 g/mol. The second kappa shape index (κ2) is 5.13. The fourth-order valence-electron chi connectivity index (χ4n) is 3.14. The smallest absolute Gasteiger partial charge is 0.168 e. The van der Waals surface area contributed by atoms with Crippen molar-refractivity contribution < 1.29 is 4.39 Å². The van der Waals surface area contributed by atoms with Crippen LogP contribution < -0.4 is 0 Å². The monoisotopic (exact) mass is 312 g/mol. The third kappa shape index (κ3) is 1.97. The number of rotatable bonds is 2. The van der Waals surface area contributed by atoms with Crippen molar-refractivity contribution in [2.75, 3.05) is 13.1 Å². The van der Waals surface area contributed by atoms with Crippen LogP contribution in [-0.2, 0) is 0 Å². The maximum Gasteiger partial charge on any atom is 0.168 e. The van der Waals surface area contributed by atoms with Gasteiger partial charge in [-0.05, 0) is 23.4 Å². The number of hydrogen-bond acceptors (Lipinski definition) is 3. The van der Waals surface area contributed by atoms with E-state index in [1.54, 1.807) is 17.8 Å². The Morgan fingerprint density at radius 3 is 2.68 bits per heavy atom. The van der Waals surface area contributed by atoms with Gasteiger partial charge < -0.3 is 4.90 Å². The van der Waals surface area contributed by atoms with Crippen LogP contribution in [0.4, 0.5) is 4.39 Å². The van der Waals surface area contributed by atoms with Gasteiger partial charge in [0.1, 0.15) is 5.82 Å². The van der Waals surface area contributed by atoms with E-state index in [1.165, 1.54) is 10.6 Å². The first kappa shape index (κ1) is 13.8. The van der Waals surface area contributed by atoms with Gasteiger partial charge in [0.2, 0.25) is 0 Å². The SMILES string of the molecule is CC(C)C1=C(c2ccc(F)c3ccccc23)N2CCN=C2S1. The topological polar surface area (TPSA) is 15.6 Å². The van der Waals surface area contributed by atoms with Gasteiger partial charge in [-0.3, -0.25) is 4.99 Å². The van der Waals surface area contributed by atoms with Crippen molar-refractivity contribution in [3.8, 4) is 0 Å². The molecule has 2 heterocycles. The van der Waals surface area contributed by atoms with Crippen molar-refractivity contribution in [1.29, 1.82) is 0 Å². The van der Waals surface area contributed by atoms with E-state index >= 15 is 0 Å². The molecule has 2 aromatic rings. The van der Waals surface area contributed by atoms with Crippen LogP contribution >= 0.6 is 11.8 Å². The van der Waals surface area contributed by atoms with E-state index in [2.05, 4.69) is 23.7 Å². The molecule has 2 aliphatic rings. The third-order valence-corrected chi connectivity index (χ3v) is 5.57. The van der Waals surface area contributed by atoms with Crippen molar-refractivity contribution >= 4 is 33.4 Å². The highest BCUT2D eigenvalue weighted by Gasteiger charge is 2.34. The molecule has 0 amide bonds. The average Bonchev–Trinajstić information content (AvgIpc) is 3.09. The van der Waals surface area contributed by atoms with E-state index in [0.717, 1.165) is 29.2 Å². The summed E-state index contributed by atoms with van der Waals surface area (Å²) in [4.78, 5) is 8.21. The van der Waals surface area contributed by atoms with Gasteiger partial charge in [-0.25, -0.2) is 4.39 Å².